The van der Waals surface area contributed by atoms with Crippen molar-refractivity contribution in [2.24, 2.45) is 5.73 Å². The van der Waals surface area contributed by atoms with Crippen molar-refractivity contribution in [2.45, 2.75) is 26.2 Å². The van der Waals surface area contributed by atoms with Gasteiger partial charge in [0.25, 0.3) is 0 Å². The molecule has 0 atom stereocenters. The number of carbonyl (C=O) groups excluding carboxylic acids is 1. The van der Waals surface area contributed by atoms with Crippen LogP contribution in [-0.4, -0.2) is 26.7 Å². The summed E-state index contributed by atoms with van der Waals surface area (Å²) in [6.45, 7) is 4.46. The summed E-state index contributed by atoms with van der Waals surface area (Å²) in [5.74, 6) is 1.52. The van der Waals surface area contributed by atoms with Crippen LogP contribution in [0.15, 0.2) is 12.1 Å². The van der Waals surface area contributed by atoms with E-state index in [-0.39, 0.29) is 12.3 Å². The number of hydrogen-bond acceptors (Lipinski definition) is 4. The quantitative estimate of drug-likeness (QED) is 0.827. The highest BCUT2D eigenvalue weighted by Crippen LogP contribution is 2.36. The third-order valence-electron chi connectivity index (χ3n) is 2.82. The van der Waals surface area contributed by atoms with Gasteiger partial charge in [0.1, 0.15) is 11.5 Å². The molecular weight excluding hydrogens is 244 g/mol. The zero-order chi connectivity index (χ0) is 14.4. The van der Waals surface area contributed by atoms with E-state index in [0.717, 1.165) is 11.3 Å². The van der Waals surface area contributed by atoms with Gasteiger partial charge in [-0.25, -0.2) is 0 Å². The van der Waals surface area contributed by atoms with Gasteiger partial charge in [0.05, 0.1) is 19.9 Å². The van der Waals surface area contributed by atoms with E-state index in [4.69, 9.17) is 15.2 Å². The number of nitrogens with two attached hydrogens (primary N) is 1. The first kappa shape index (κ1) is 15.3. The van der Waals surface area contributed by atoms with Crippen LogP contribution in [-0.2, 0) is 4.79 Å². The molecule has 0 heterocycles. The van der Waals surface area contributed by atoms with Crippen molar-refractivity contribution in [1.29, 1.82) is 0 Å². The van der Waals surface area contributed by atoms with Crippen molar-refractivity contribution in [3.63, 3.8) is 0 Å². The number of benzene rings is 1. The Morgan fingerprint density at radius 3 is 2.37 bits per heavy atom. The lowest BCUT2D eigenvalue weighted by Gasteiger charge is -2.17. The molecule has 3 N–H and O–H groups in total. The van der Waals surface area contributed by atoms with Crippen molar-refractivity contribution in [2.75, 3.05) is 26.1 Å². The Bertz CT molecular complexity index is 445. The third-order valence-corrected chi connectivity index (χ3v) is 2.82. The van der Waals surface area contributed by atoms with Crippen LogP contribution in [0.4, 0.5) is 5.69 Å². The summed E-state index contributed by atoms with van der Waals surface area (Å²) in [6.07, 6.45) is 0.275. The van der Waals surface area contributed by atoms with Crippen LogP contribution in [0.25, 0.3) is 0 Å². The second-order valence-electron chi connectivity index (χ2n) is 4.54. The Balaban J connectivity index is 3.13. The summed E-state index contributed by atoms with van der Waals surface area (Å²) in [7, 11) is 3.18. The highest BCUT2D eigenvalue weighted by atomic mass is 16.5. The molecule has 0 radical (unpaired) electrons. The minimum Gasteiger partial charge on any atom is -0.496 e. The van der Waals surface area contributed by atoms with E-state index in [9.17, 15) is 4.79 Å². The van der Waals surface area contributed by atoms with E-state index in [2.05, 4.69) is 19.2 Å². The topological polar surface area (TPSA) is 73.6 Å². The minimum absolute atomic E-state index is 0.139. The molecule has 1 rings (SSSR count). The summed E-state index contributed by atoms with van der Waals surface area (Å²) in [6, 6.07) is 3.67. The van der Waals surface area contributed by atoms with Gasteiger partial charge < -0.3 is 20.5 Å². The fourth-order valence-corrected chi connectivity index (χ4v) is 1.81. The van der Waals surface area contributed by atoms with Crippen LogP contribution >= 0.6 is 0 Å². The van der Waals surface area contributed by atoms with Gasteiger partial charge in [0, 0.05) is 24.6 Å². The average molecular weight is 266 g/mol. The van der Waals surface area contributed by atoms with Crippen LogP contribution in [0.3, 0.4) is 0 Å². The second kappa shape index (κ2) is 6.99. The van der Waals surface area contributed by atoms with Crippen molar-refractivity contribution >= 4 is 11.6 Å². The maximum atomic E-state index is 11.6. The van der Waals surface area contributed by atoms with Gasteiger partial charge in [-0.15, -0.1) is 0 Å². The third kappa shape index (κ3) is 3.86. The van der Waals surface area contributed by atoms with E-state index >= 15 is 0 Å². The predicted octanol–water partition coefficient (Wildman–Crippen LogP) is 2.11. The van der Waals surface area contributed by atoms with E-state index in [0.29, 0.717) is 23.9 Å². The number of methoxy groups -OCH3 is 2. The second-order valence-corrected chi connectivity index (χ2v) is 4.54. The molecule has 19 heavy (non-hydrogen) atoms. The number of carbonyl (C=O) groups is 1. The highest BCUT2D eigenvalue weighted by Gasteiger charge is 2.15. The predicted molar refractivity (Wildman–Crippen MR) is 75.9 cm³/mol. The smallest absolute Gasteiger partial charge is 0.225 e. The minimum atomic E-state index is -0.139. The zero-order valence-corrected chi connectivity index (χ0v) is 11.9. The molecule has 5 heteroatoms. The summed E-state index contributed by atoms with van der Waals surface area (Å²) in [4.78, 5) is 11.6. The molecule has 0 saturated carbocycles. The van der Waals surface area contributed by atoms with Crippen molar-refractivity contribution in [3.8, 4) is 11.5 Å². The lowest BCUT2D eigenvalue weighted by molar-refractivity contribution is -0.116. The van der Waals surface area contributed by atoms with Gasteiger partial charge in [-0.05, 0) is 12.0 Å². The van der Waals surface area contributed by atoms with E-state index in [1.807, 2.05) is 6.07 Å². The first-order chi connectivity index (χ1) is 9.03. The molecule has 0 aromatic heterocycles. The van der Waals surface area contributed by atoms with Crippen LogP contribution in [0.2, 0.25) is 0 Å². The number of rotatable bonds is 6. The summed E-state index contributed by atoms with van der Waals surface area (Å²) in [5.41, 5.74) is 6.99. The fraction of sp³-hybridized carbons (Fsp3) is 0.500. The molecule has 0 aliphatic rings. The normalized spacial score (nSPS) is 10.4. The van der Waals surface area contributed by atoms with Crippen LogP contribution in [0.1, 0.15) is 31.7 Å². The first-order valence-electron chi connectivity index (χ1n) is 6.29. The molecule has 1 amide bonds. The number of anilines is 1. The Morgan fingerprint density at radius 1 is 1.26 bits per heavy atom. The molecule has 0 unspecified atom stereocenters. The average Bonchev–Trinajstić information content (AvgIpc) is 2.38. The SMILES string of the molecule is COc1cc(C(C)C)c(OC)cc1NC(=O)CCN. The fourth-order valence-electron chi connectivity index (χ4n) is 1.81. The van der Waals surface area contributed by atoms with Gasteiger partial charge in [0.15, 0.2) is 0 Å². The Morgan fingerprint density at radius 2 is 1.89 bits per heavy atom. The van der Waals surface area contributed by atoms with Crippen LogP contribution in [0.5, 0.6) is 11.5 Å². The molecule has 0 aliphatic heterocycles. The molecule has 0 bridgehead atoms. The maximum absolute atomic E-state index is 11.6. The van der Waals surface area contributed by atoms with Gasteiger partial charge in [-0.3, -0.25) is 4.79 Å². The Hall–Kier alpha value is -1.75. The summed E-state index contributed by atoms with van der Waals surface area (Å²) >= 11 is 0. The lowest BCUT2D eigenvalue weighted by Crippen LogP contribution is -2.16. The molecule has 0 aliphatic carbocycles. The zero-order valence-electron chi connectivity index (χ0n) is 11.9. The largest absolute Gasteiger partial charge is 0.496 e. The van der Waals surface area contributed by atoms with Gasteiger partial charge in [-0.2, -0.15) is 0 Å². The van der Waals surface area contributed by atoms with E-state index < -0.39 is 0 Å². The Kier molecular flexibility index (Phi) is 5.63. The monoisotopic (exact) mass is 266 g/mol. The summed E-state index contributed by atoms with van der Waals surface area (Å²) < 4.78 is 10.7. The number of ether oxygens (including phenoxy) is 2. The van der Waals surface area contributed by atoms with Gasteiger partial charge in [-0.1, -0.05) is 13.8 Å². The van der Waals surface area contributed by atoms with Crippen LogP contribution in [0, 0.1) is 0 Å². The number of hydrogen-bond donors (Lipinski definition) is 2. The van der Waals surface area contributed by atoms with Crippen LogP contribution < -0.4 is 20.5 Å². The number of nitrogens with one attached hydrogen (secondary N) is 1. The molecule has 1 aromatic carbocycles. The van der Waals surface area contributed by atoms with Gasteiger partial charge >= 0.3 is 0 Å². The molecule has 1 aromatic rings. The molecular formula is C14H22N2O3. The Labute approximate surface area is 114 Å². The van der Waals surface area contributed by atoms with Crippen molar-refractivity contribution in [1.82, 2.24) is 0 Å². The van der Waals surface area contributed by atoms with Gasteiger partial charge in [0.2, 0.25) is 5.91 Å². The molecule has 0 fully saturated rings. The summed E-state index contributed by atoms with van der Waals surface area (Å²) in [5, 5.41) is 2.78. The molecule has 0 saturated heterocycles. The molecule has 0 spiro atoms. The molecule has 5 nitrogen and oxygen atoms in total. The van der Waals surface area contributed by atoms with E-state index in [1.165, 1.54) is 0 Å². The lowest BCUT2D eigenvalue weighted by atomic mass is 10.0. The number of amides is 1. The first-order valence-corrected chi connectivity index (χ1v) is 6.29. The maximum Gasteiger partial charge on any atom is 0.225 e. The van der Waals surface area contributed by atoms with Crippen molar-refractivity contribution < 1.29 is 14.3 Å². The highest BCUT2D eigenvalue weighted by molar-refractivity contribution is 5.92. The standard InChI is InChI=1S/C14H22N2O3/c1-9(2)10-7-13(19-4)11(8-12(10)18-3)16-14(17)5-6-15/h7-9H,5-6,15H2,1-4H3,(H,16,17). The van der Waals surface area contributed by atoms with E-state index in [1.54, 1.807) is 20.3 Å². The molecule has 106 valence electrons. The van der Waals surface area contributed by atoms with Crippen molar-refractivity contribution in [3.05, 3.63) is 17.7 Å².